The molecule has 164 valence electrons. The Morgan fingerprint density at radius 2 is 1.94 bits per heavy atom. The number of aryl methyl sites for hydroxylation is 1. The quantitative estimate of drug-likeness (QED) is 0.443. The smallest absolute Gasteiger partial charge is 0.263 e. The summed E-state index contributed by atoms with van der Waals surface area (Å²) in [5.41, 5.74) is 2.26. The normalized spacial score (nSPS) is 14.7. The van der Waals surface area contributed by atoms with E-state index in [9.17, 15) is 4.79 Å². The van der Waals surface area contributed by atoms with Crippen molar-refractivity contribution in [1.82, 2.24) is 20.0 Å². The molecular weight excluding hydrogens is 422 g/mol. The Hall–Kier alpha value is -3.26. The Kier molecular flexibility index (Phi) is 5.85. The highest BCUT2D eigenvalue weighted by Gasteiger charge is 2.26. The van der Waals surface area contributed by atoms with E-state index in [0.29, 0.717) is 18.8 Å². The van der Waals surface area contributed by atoms with Gasteiger partial charge in [-0.15, -0.1) is 11.3 Å². The van der Waals surface area contributed by atoms with Gasteiger partial charge in [-0.25, -0.2) is 4.98 Å². The van der Waals surface area contributed by atoms with E-state index in [2.05, 4.69) is 22.0 Å². The minimum absolute atomic E-state index is 0.108. The number of benzene rings is 1. The maximum Gasteiger partial charge on any atom is 0.263 e. The molecule has 0 saturated carbocycles. The molecule has 32 heavy (non-hydrogen) atoms. The van der Waals surface area contributed by atoms with Crippen molar-refractivity contribution >= 4 is 34.2 Å². The Balaban J connectivity index is 1.50. The van der Waals surface area contributed by atoms with Gasteiger partial charge in [0.1, 0.15) is 22.7 Å². The first-order valence-electron chi connectivity index (χ1n) is 11.0. The minimum Gasteiger partial charge on any atom is -0.354 e. The summed E-state index contributed by atoms with van der Waals surface area (Å²) < 4.78 is 5.67. The summed E-state index contributed by atoms with van der Waals surface area (Å²) in [6, 6.07) is 13.8. The molecule has 0 bridgehead atoms. The van der Waals surface area contributed by atoms with E-state index in [1.165, 1.54) is 11.3 Å². The molecule has 0 atom stereocenters. The molecule has 1 amide bonds. The largest absolute Gasteiger partial charge is 0.354 e. The maximum absolute atomic E-state index is 12.9. The van der Waals surface area contributed by atoms with Gasteiger partial charge in [-0.1, -0.05) is 48.5 Å². The summed E-state index contributed by atoms with van der Waals surface area (Å²) in [4.78, 5) is 27.5. The Morgan fingerprint density at radius 1 is 1.06 bits per heavy atom. The fraction of sp³-hybridized carbons (Fsp3) is 0.333. The molecule has 0 radical (unpaired) electrons. The van der Waals surface area contributed by atoms with E-state index < -0.39 is 0 Å². The zero-order valence-corrected chi connectivity index (χ0v) is 18.8. The Bertz CT molecular complexity index is 1210. The highest BCUT2D eigenvalue weighted by Crippen LogP contribution is 2.34. The number of aromatic nitrogens is 3. The van der Waals surface area contributed by atoms with Gasteiger partial charge >= 0.3 is 0 Å². The molecule has 0 N–H and O–H groups in total. The first kappa shape index (κ1) is 20.6. The van der Waals surface area contributed by atoms with Crippen molar-refractivity contribution in [2.45, 2.75) is 26.2 Å². The lowest BCUT2D eigenvalue weighted by Gasteiger charge is -2.23. The fourth-order valence-corrected chi connectivity index (χ4v) is 4.82. The van der Waals surface area contributed by atoms with Crippen molar-refractivity contribution in [2.75, 3.05) is 31.1 Å². The van der Waals surface area contributed by atoms with Crippen LogP contribution in [0.25, 0.3) is 22.4 Å². The van der Waals surface area contributed by atoms with Crippen molar-refractivity contribution in [2.24, 2.45) is 0 Å². The third kappa shape index (κ3) is 3.98. The second kappa shape index (κ2) is 9.08. The molecule has 3 aromatic heterocycles. The summed E-state index contributed by atoms with van der Waals surface area (Å²) in [7, 11) is 0. The third-order valence-electron chi connectivity index (χ3n) is 5.70. The van der Waals surface area contributed by atoms with Gasteiger partial charge in [0.05, 0.1) is 4.88 Å². The molecule has 1 fully saturated rings. The van der Waals surface area contributed by atoms with E-state index in [1.807, 2.05) is 52.7 Å². The second-order valence-electron chi connectivity index (χ2n) is 7.90. The van der Waals surface area contributed by atoms with Gasteiger partial charge in [-0.3, -0.25) is 4.79 Å². The lowest BCUT2D eigenvalue weighted by atomic mass is 10.1. The Morgan fingerprint density at radius 3 is 2.72 bits per heavy atom. The van der Waals surface area contributed by atoms with Gasteiger partial charge < -0.3 is 14.3 Å². The van der Waals surface area contributed by atoms with Crippen LogP contribution in [0.3, 0.4) is 0 Å². The lowest BCUT2D eigenvalue weighted by Crippen LogP contribution is -2.35. The van der Waals surface area contributed by atoms with Gasteiger partial charge in [0.2, 0.25) is 0 Å². The number of hydrogen-bond acceptors (Lipinski definition) is 7. The second-order valence-corrected chi connectivity index (χ2v) is 8.85. The molecule has 5 rings (SSSR count). The summed E-state index contributed by atoms with van der Waals surface area (Å²) in [6.45, 7) is 5.01. The van der Waals surface area contributed by atoms with Crippen molar-refractivity contribution in [1.29, 1.82) is 0 Å². The monoisotopic (exact) mass is 447 g/mol. The van der Waals surface area contributed by atoms with Crippen LogP contribution in [-0.2, 0) is 6.42 Å². The van der Waals surface area contributed by atoms with E-state index in [0.717, 1.165) is 65.5 Å². The molecule has 1 aliphatic heterocycles. The Labute approximate surface area is 190 Å². The maximum atomic E-state index is 12.9. The van der Waals surface area contributed by atoms with Gasteiger partial charge in [-0.05, 0) is 24.3 Å². The molecule has 4 heterocycles. The summed E-state index contributed by atoms with van der Waals surface area (Å²) in [6.07, 6.45) is 2.60. The molecule has 0 aliphatic carbocycles. The van der Waals surface area contributed by atoms with Crippen LogP contribution in [0.15, 0.2) is 52.4 Å². The summed E-state index contributed by atoms with van der Waals surface area (Å²) in [5, 5.41) is 7.14. The van der Waals surface area contributed by atoms with Gasteiger partial charge in [-0.2, -0.15) is 4.98 Å². The zero-order chi connectivity index (χ0) is 21.9. The van der Waals surface area contributed by atoms with E-state index in [1.54, 1.807) is 0 Å². The van der Waals surface area contributed by atoms with Crippen molar-refractivity contribution in [3.63, 3.8) is 0 Å². The van der Waals surface area contributed by atoms with E-state index >= 15 is 0 Å². The van der Waals surface area contributed by atoms with Gasteiger partial charge in [0, 0.05) is 38.2 Å². The van der Waals surface area contributed by atoms with E-state index in [4.69, 9.17) is 9.51 Å². The fourth-order valence-electron chi connectivity index (χ4n) is 4.13. The van der Waals surface area contributed by atoms with Crippen LogP contribution < -0.4 is 4.90 Å². The zero-order valence-electron chi connectivity index (χ0n) is 18.0. The number of rotatable bonds is 5. The standard InChI is InChI=1S/C24H25N5O2S/c1-2-8-19-25-22(20-21(27-31-23(20)26-19)17-9-4-3-5-10-17)28-12-7-13-29(15-14-28)24(30)18-11-6-16-32-18/h3-6,9-11,16H,2,7-8,12-15H2,1H3. The number of fused-ring (bicyclic) bond motifs is 1. The number of anilines is 1. The summed E-state index contributed by atoms with van der Waals surface area (Å²) in [5.74, 6) is 1.72. The van der Waals surface area contributed by atoms with Gasteiger partial charge in [0.25, 0.3) is 11.6 Å². The summed E-state index contributed by atoms with van der Waals surface area (Å²) >= 11 is 1.49. The average molecular weight is 448 g/mol. The third-order valence-corrected chi connectivity index (χ3v) is 6.56. The number of thiophene rings is 1. The van der Waals surface area contributed by atoms with Crippen LogP contribution in [0.1, 0.15) is 35.3 Å². The molecule has 1 aromatic carbocycles. The average Bonchev–Trinajstić information content (AvgIpc) is 3.44. The SMILES string of the molecule is CCCc1nc(N2CCCN(C(=O)c3cccs3)CC2)c2c(-c3ccccc3)noc2n1. The van der Waals surface area contributed by atoms with Crippen LogP contribution in [0.5, 0.6) is 0 Å². The highest BCUT2D eigenvalue weighted by atomic mass is 32.1. The molecule has 7 nitrogen and oxygen atoms in total. The van der Waals surface area contributed by atoms with Crippen molar-refractivity contribution < 1.29 is 9.32 Å². The topological polar surface area (TPSA) is 75.4 Å². The lowest BCUT2D eigenvalue weighted by molar-refractivity contribution is 0.0772. The first-order valence-corrected chi connectivity index (χ1v) is 11.9. The van der Waals surface area contributed by atoms with Crippen LogP contribution in [0, 0.1) is 0 Å². The first-order chi connectivity index (χ1) is 15.7. The molecule has 1 saturated heterocycles. The molecule has 0 spiro atoms. The highest BCUT2D eigenvalue weighted by molar-refractivity contribution is 7.12. The number of carbonyl (C=O) groups is 1. The molecular formula is C24H25N5O2S. The van der Waals surface area contributed by atoms with Crippen LogP contribution in [0.4, 0.5) is 5.82 Å². The van der Waals surface area contributed by atoms with Crippen LogP contribution in [-0.4, -0.2) is 52.1 Å². The minimum atomic E-state index is 0.108. The van der Waals surface area contributed by atoms with Crippen LogP contribution in [0.2, 0.25) is 0 Å². The molecule has 4 aromatic rings. The number of hydrogen-bond donors (Lipinski definition) is 0. The van der Waals surface area contributed by atoms with E-state index in [-0.39, 0.29) is 5.91 Å². The van der Waals surface area contributed by atoms with Gasteiger partial charge in [0.15, 0.2) is 0 Å². The molecule has 0 unspecified atom stereocenters. The predicted octanol–water partition coefficient (Wildman–Crippen LogP) is 4.65. The van der Waals surface area contributed by atoms with Crippen molar-refractivity contribution in [3.05, 3.63) is 58.5 Å². The molecule has 1 aliphatic rings. The number of nitrogens with zero attached hydrogens (tertiary/aromatic N) is 5. The number of amides is 1. The van der Waals surface area contributed by atoms with Crippen molar-refractivity contribution in [3.8, 4) is 11.3 Å². The number of carbonyl (C=O) groups excluding carboxylic acids is 1. The predicted molar refractivity (Wildman–Crippen MR) is 126 cm³/mol. The van der Waals surface area contributed by atoms with Crippen LogP contribution >= 0.6 is 11.3 Å². The molecule has 8 heteroatoms.